The number of carbonyl (C=O) groups is 2. The first-order valence-electron chi connectivity index (χ1n) is 12.1. The van der Waals surface area contributed by atoms with Crippen LogP contribution in [0, 0.1) is 24.2 Å². The van der Waals surface area contributed by atoms with Gasteiger partial charge >= 0.3 is 5.97 Å². The number of ether oxygens (including phenoxy) is 1. The van der Waals surface area contributed by atoms with E-state index in [1.807, 2.05) is 27.1 Å². The number of halogens is 1. The zero-order valence-corrected chi connectivity index (χ0v) is 23.4. The van der Waals surface area contributed by atoms with E-state index < -0.39 is 0 Å². The second kappa shape index (κ2) is 12.5. The van der Waals surface area contributed by atoms with Gasteiger partial charge in [-0.2, -0.15) is 0 Å². The van der Waals surface area contributed by atoms with Crippen molar-refractivity contribution >= 4 is 29.6 Å². The quantitative estimate of drug-likeness (QED) is 0.194. The summed E-state index contributed by atoms with van der Waals surface area (Å²) in [6, 6.07) is 0. The molecule has 0 saturated heterocycles. The number of nitrogens with zero attached hydrogens (tertiary/aromatic N) is 2. The van der Waals surface area contributed by atoms with Gasteiger partial charge in [0, 0.05) is 11.0 Å². The van der Waals surface area contributed by atoms with Crippen molar-refractivity contribution in [3.8, 4) is 11.5 Å². The second-order valence-electron chi connectivity index (χ2n) is 10.3. The van der Waals surface area contributed by atoms with Gasteiger partial charge in [-0.05, 0) is 64.6 Å². The number of phenols is 1. The Balaban J connectivity index is 2.25. The van der Waals surface area contributed by atoms with E-state index in [0.717, 1.165) is 24.1 Å². The van der Waals surface area contributed by atoms with Crippen molar-refractivity contribution < 1.29 is 24.3 Å². The molecule has 0 spiro atoms. The molecule has 0 aromatic heterocycles. The van der Waals surface area contributed by atoms with Crippen LogP contribution in [0.15, 0.2) is 29.0 Å². The molecule has 1 aromatic carbocycles. The van der Waals surface area contributed by atoms with Gasteiger partial charge in [-0.25, -0.2) is 4.79 Å². The van der Waals surface area contributed by atoms with Crippen molar-refractivity contribution in [2.75, 3.05) is 27.7 Å². The molecule has 7 nitrogen and oxygen atoms in total. The van der Waals surface area contributed by atoms with Crippen LogP contribution in [0.2, 0.25) is 5.02 Å². The number of carbonyl (C=O) groups excluding carboxylic acids is 2. The molecule has 0 bridgehead atoms. The standard InChI is InChI=1S/C28H39ClN2O5/c1-17(9-12-20-26(34)21(16-32)19(3)25(29)27(20)35-8)10-13-22-18(2)11-14-23(28(22,4)5)30-36-24(33)15-31(6)7/h9-10,13,16,18,22,34H,11-12,14-15H2,1-8H3/b13-10+,17-9+,30-23+/t18-,22?/m1/s1. The molecule has 2 rings (SSSR count). The third-order valence-electron chi connectivity index (χ3n) is 6.99. The summed E-state index contributed by atoms with van der Waals surface area (Å²) >= 11 is 6.39. The van der Waals surface area contributed by atoms with E-state index in [-0.39, 0.29) is 35.2 Å². The molecule has 1 unspecified atom stereocenters. The van der Waals surface area contributed by atoms with Gasteiger partial charge in [0.25, 0.3) is 0 Å². The summed E-state index contributed by atoms with van der Waals surface area (Å²) in [5, 5.41) is 15.2. The number of aldehydes is 1. The largest absolute Gasteiger partial charge is 0.507 e. The number of hydrogen-bond acceptors (Lipinski definition) is 7. The number of rotatable bonds is 9. The maximum absolute atomic E-state index is 12.0. The third kappa shape index (κ3) is 6.77. The third-order valence-corrected chi connectivity index (χ3v) is 7.45. The van der Waals surface area contributed by atoms with Crippen LogP contribution >= 0.6 is 11.6 Å². The van der Waals surface area contributed by atoms with Crippen LogP contribution in [0.3, 0.4) is 0 Å². The van der Waals surface area contributed by atoms with E-state index in [0.29, 0.717) is 40.5 Å². The van der Waals surface area contributed by atoms with E-state index in [2.05, 4.69) is 38.1 Å². The highest BCUT2D eigenvalue weighted by atomic mass is 35.5. The molecule has 1 saturated carbocycles. The van der Waals surface area contributed by atoms with Crippen LogP contribution in [0.1, 0.15) is 62.0 Å². The number of aromatic hydroxyl groups is 1. The highest BCUT2D eigenvalue weighted by molar-refractivity contribution is 6.33. The Morgan fingerprint density at radius 1 is 1.33 bits per heavy atom. The molecule has 1 aliphatic rings. The monoisotopic (exact) mass is 518 g/mol. The summed E-state index contributed by atoms with van der Waals surface area (Å²) in [6.07, 6.45) is 8.91. The highest BCUT2D eigenvalue weighted by Gasteiger charge is 2.40. The van der Waals surface area contributed by atoms with Crippen LogP contribution in [-0.4, -0.2) is 55.7 Å². The van der Waals surface area contributed by atoms with E-state index in [1.54, 1.807) is 11.8 Å². The van der Waals surface area contributed by atoms with Crippen molar-refractivity contribution in [1.29, 1.82) is 0 Å². The van der Waals surface area contributed by atoms with Crippen LogP contribution < -0.4 is 4.74 Å². The molecule has 1 fully saturated rings. The summed E-state index contributed by atoms with van der Waals surface area (Å²) in [7, 11) is 5.11. The van der Waals surface area contributed by atoms with E-state index in [1.165, 1.54) is 7.11 Å². The van der Waals surface area contributed by atoms with Crippen molar-refractivity contribution in [2.24, 2.45) is 22.4 Å². The van der Waals surface area contributed by atoms with Gasteiger partial charge in [-0.3, -0.25) is 9.69 Å². The Hall–Kier alpha value is -2.64. The van der Waals surface area contributed by atoms with Gasteiger partial charge < -0.3 is 14.7 Å². The zero-order valence-electron chi connectivity index (χ0n) is 22.6. The summed E-state index contributed by atoms with van der Waals surface area (Å²) in [5.74, 6) is 0.510. The van der Waals surface area contributed by atoms with Crippen molar-refractivity contribution in [1.82, 2.24) is 4.90 Å². The maximum Gasteiger partial charge on any atom is 0.348 e. The molecular formula is C28H39ClN2O5. The van der Waals surface area contributed by atoms with Gasteiger partial charge in [-0.1, -0.05) is 61.3 Å². The average molecular weight is 519 g/mol. The molecule has 8 heteroatoms. The van der Waals surface area contributed by atoms with Gasteiger partial charge in [0.05, 0.1) is 30.0 Å². The SMILES string of the molecule is COc1c(Cl)c(C)c(C=O)c(O)c1C/C=C(C)/C=C/C1[C@H](C)CC/C(=N\OC(=O)CN(C)C)C1(C)C. The first-order chi connectivity index (χ1) is 16.8. The van der Waals surface area contributed by atoms with Crippen LogP contribution in [0.25, 0.3) is 0 Å². The predicted molar refractivity (Wildman–Crippen MR) is 144 cm³/mol. The van der Waals surface area contributed by atoms with E-state index in [4.69, 9.17) is 21.2 Å². The Labute approximate surface area is 219 Å². The van der Waals surface area contributed by atoms with Crippen LogP contribution in [-0.2, 0) is 16.1 Å². The molecular weight excluding hydrogens is 480 g/mol. The summed E-state index contributed by atoms with van der Waals surface area (Å²) < 4.78 is 5.43. The average Bonchev–Trinajstić information content (AvgIpc) is 2.79. The topological polar surface area (TPSA) is 88.4 Å². The van der Waals surface area contributed by atoms with Gasteiger partial charge in [0.15, 0.2) is 6.29 Å². The number of phenolic OH excluding ortho intramolecular Hbond substituents is 1. The Kier molecular flexibility index (Phi) is 10.3. The normalized spacial score (nSPS) is 21.3. The van der Waals surface area contributed by atoms with Crippen LogP contribution in [0.5, 0.6) is 11.5 Å². The molecule has 198 valence electrons. The van der Waals surface area contributed by atoms with Crippen molar-refractivity contribution in [3.05, 3.63) is 45.5 Å². The zero-order chi connectivity index (χ0) is 27.2. The number of methoxy groups -OCH3 is 1. The predicted octanol–water partition coefficient (Wildman–Crippen LogP) is 5.75. The fraction of sp³-hybridized carbons (Fsp3) is 0.536. The molecule has 0 amide bonds. The molecule has 36 heavy (non-hydrogen) atoms. The lowest BCUT2D eigenvalue weighted by molar-refractivity contribution is -0.144. The molecule has 2 atom stereocenters. The van der Waals surface area contributed by atoms with Gasteiger partial charge in [0.1, 0.15) is 11.5 Å². The number of allylic oxidation sites excluding steroid dienone is 4. The fourth-order valence-electron chi connectivity index (χ4n) is 4.76. The second-order valence-corrected chi connectivity index (χ2v) is 10.7. The molecule has 0 heterocycles. The lowest BCUT2D eigenvalue weighted by atomic mass is 9.63. The fourth-order valence-corrected chi connectivity index (χ4v) is 5.05. The van der Waals surface area contributed by atoms with E-state index >= 15 is 0 Å². The van der Waals surface area contributed by atoms with Gasteiger partial charge in [0.2, 0.25) is 0 Å². The summed E-state index contributed by atoms with van der Waals surface area (Å²) in [4.78, 5) is 30.4. The van der Waals surface area contributed by atoms with Crippen molar-refractivity contribution in [2.45, 2.75) is 53.9 Å². The minimum Gasteiger partial charge on any atom is -0.507 e. The smallest absolute Gasteiger partial charge is 0.348 e. The lowest BCUT2D eigenvalue weighted by Gasteiger charge is -2.41. The summed E-state index contributed by atoms with van der Waals surface area (Å²) in [5.41, 5.74) is 2.73. The Morgan fingerprint density at radius 2 is 2.00 bits per heavy atom. The molecule has 1 N–H and O–H groups in total. The minimum absolute atomic E-state index is 0.108. The number of likely N-dealkylation sites (N-methyl/N-ethyl adjacent to an activating group) is 1. The molecule has 0 radical (unpaired) electrons. The maximum atomic E-state index is 12.0. The molecule has 1 aromatic rings. The highest BCUT2D eigenvalue weighted by Crippen LogP contribution is 2.44. The first kappa shape index (κ1) is 29.6. The molecule has 1 aliphatic carbocycles. The molecule has 0 aliphatic heterocycles. The summed E-state index contributed by atoms with van der Waals surface area (Å²) in [6.45, 7) is 10.3. The lowest BCUT2D eigenvalue weighted by Crippen LogP contribution is -2.40. The van der Waals surface area contributed by atoms with Crippen molar-refractivity contribution in [3.63, 3.8) is 0 Å². The minimum atomic E-state index is -0.375. The Morgan fingerprint density at radius 3 is 2.58 bits per heavy atom. The van der Waals surface area contributed by atoms with Gasteiger partial charge in [-0.15, -0.1) is 0 Å². The van der Waals surface area contributed by atoms with Crippen LogP contribution in [0.4, 0.5) is 0 Å². The Bertz CT molecular complexity index is 1070. The number of benzene rings is 1. The number of oxime groups is 1. The van der Waals surface area contributed by atoms with E-state index in [9.17, 15) is 14.7 Å². The number of hydrogen-bond donors (Lipinski definition) is 1. The first-order valence-corrected chi connectivity index (χ1v) is 12.5.